The van der Waals surface area contributed by atoms with Crippen LogP contribution in [0.2, 0.25) is 0 Å². The number of aryl methyl sites for hydroxylation is 1. The summed E-state index contributed by atoms with van der Waals surface area (Å²) in [4.78, 5) is 23.0. The van der Waals surface area contributed by atoms with Crippen molar-refractivity contribution in [3.63, 3.8) is 0 Å². The summed E-state index contributed by atoms with van der Waals surface area (Å²) in [5.41, 5.74) is 0.895. The van der Waals surface area contributed by atoms with Crippen molar-refractivity contribution < 1.29 is 14.7 Å². The van der Waals surface area contributed by atoms with Gasteiger partial charge in [0.1, 0.15) is 0 Å². The molecule has 1 unspecified atom stereocenters. The molecule has 6 heteroatoms. The molecule has 1 atom stereocenters. The first-order valence-electron chi connectivity index (χ1n) is 6.14. The molecule has 106 valence electrons. The van der Waals surface area contributed by atoms with Gasteiger partial charge in [0, 0.05) is 18.8 Å². The summed E-state index contributed by atoms with van der Waals surface area (Å²) >= 11 is 0. The predicted octanol–water partition coefficient (Wildman–Crippen LogP) is 1.35. The Morgan fingerprint density at radius 2 is 2.05 bits per heavy atom. The van der Waals surface area contributed by atoms with E-state index in [1.165, 1.54) is 6.20 Å². The molecule has 0 aliphatic rings. The highest BCUT2D eigenvalue weighted by Gasteiger charge is 2.29. The molecule has 19 heavy (non-hydrogen) atoms. The number of amides is 1. The highest BCUT2D eigenvalue weighted by atomic mass is 16.4. The van der Waals surface area contributed by atoms with Gasteiger partial charge in [-0.25, -0.2) is 0 Å². The molecule has 0 bridgehead atoms. The molecular formula is C13H21N3O3. The molecule has 0 aromatic carbocycles. The third kappa shape index (κ3) is 3.81. The highest BCUT2D eigenvalue weighted by molar-refractivity contribution is 5.95. The van der Waals surface area contributed by atoms with Crippen LogP contribution in [0.3, 0.4) is 0 Å². The summed E-state index contributed by atoms with van der Waals surface area (Å²) in [7, 11) is 1.75. The molecule has 1 rings (SSSR count). The van der Waals surface area contributed by atoms with Gasteiger partial charge in [0.15, 0.2) is 0 Å². The summed E-state index contributed by atoms with van der Waals surface area (Å²) in [5, 5.41) is 15.7. The van der Waals surface area contributed by atoms with Gasteiger partial charge in [-0.15, -0.1) is 0 Å². The van der Waals surface area contributed by atoms with Crippen LogP contribution in [0.25, 0.3) is 0 Å². The summed E-state index contributed by atoms with van der Waals surface area (Å²) in [5.74, 6) is -1.21. The summed E-state index contributed by atoms with van der Waals surface area (Å²) in [6.45, 7) is 7.50. The monoisotopic (exact) mass is 267 g/mol. The van der Waals surface area contributed by atoms with Crippen molar-refractivity contribution in [2.75, 3.05) is 0 Å². The highest BCUT2D eigenvalue weighted by Crippen LogP contribution is 2.22. The Morgan fingerprint density at radius 3 is 2.42 bits per heavy atom. The maximum Gasteiger partial charge on any atom is 0.305 e. The van der Waals surface area contributed by atoms with Crippen LogP contribution in [-0.2, 0) is 11.8 Å². The topological polar surface area (TPSA) is 84.2 Å². The summed E-state index contributed by atoms with van der Waals surface area (Å²) in [6, 6.07) is -0.433. The fourth-order valence-corrected chi connectivity index (χ4v) is 1.71. The molecule has 2 N–H and O–H groups in total. The summed E-state index contributed by atoms with van der Waals surface area (Å²) in [6.07, 6.45) is 1.39. The van der Waals surface area contributed by atoms with Crippen LogP contribution in [-0.4, -0.2) is 32.8 Å². The van der Waals surface area contributed by atoms with Crippen LogP contribution >= 0.6 is 0 Å². The first-order chi connectivity index (χ1) is 8.62. The van der Waals surface area contributed by atoms with Crippen molar-refractivity contribution in [1.82, 2.24) is 15.1 Å². The average Bonchev–Trinajstić information content (AvgIpc) is 2.57. The van der Waals surface area contributed by atoms with Crippen molar-refractivity contribution in [3.8, 4) is 0 Å². The van der Waals surface area contributed by atoms with E-state index < -0.39 is 12.0 Å². The maximum atomic E-state index is 12.2. The van der Waals surface area contributed by atoms with Crippen LogP contribution < -0.4 is 5.32 Å². The van der Waals surface area contributed by atoms with Crippen molar-refractivity contribution in [2.24, 2.45) is 12.5 Å². The van der Waals surface area contributed by atoms with E-state index in [4.69, 9.17) is 5.11 Å². The smallest absolute Gasteiger partial charge is 0.305 e. The fourth-order valence-electron chi connectivity index (χ4n) is 1.71. The van der Waals surface area contributed by atoms with Crippen molar-refractivity contribution >= 4 is 11.9 Å². The number of carbonyl (C=O) groups is 2. The zero-order chi connectivity index (χ0) is 14.8. The number of aromatic nitrogens is 2. The van der Waals surface area contributed by atoms with Gasteiger partial charge < -0.3 is 10.4 Å². The lowest BCUT2D eigenvalue weighted by Gasteiger charge is -2.30. The Bertz CT molecular complexity index is 486. The quantitative estimate of drug-likeness (QED) is 0.862. The lowest BCUT2D eigenvalue weighted by molar-refractivity contribution is -0.138. The normalized spacial score (nSPS) is 13.1. The van der Waals surface area contributed by atoms with Crippen LogP contribution in [0.5, 0.6) is 0 Å². The Labute approximate surface area is 112 Å². The molecule has 0 spiro atoms. The Balaban J connectivity index is 2.88. The number of carboxylic acid groups (broad SMARTS) is 1. The zero-order valence-electron chi connectivity index (χ0n) is 12.0. The van der Waals surface area contributed by atoms with Gasteiger partial charge in [0.2, 0.25) is 0 Å². The molecule has 0 saturated heterocycles. The third-order valence-electron chi connectivity index (χ3n) is 3.21. The standard InChI is InChI=1S/C13H21N3O3/c1-8-9(7-14-16(8)5)12(19)15-10(6-11(17)18)13(2,3)4/h7,10H,6H2,1-5H3,(H,15,19)(H,17,18). The van der Waals surface area contributed by atoms with Gasteiger partial charge >= 0.3 is 5.97 Å². The number of carbonyl (C=O) groups excluding carboxylic acids is 1. The van der Waals surface area contributed by atoms with E-state index in [2.05, 4.69) is 10.4 Å². The first kappa shape index (κ1) is 15.2. The second kappa shape index (κ2) is 5.42. The number of hydrogen-bond donors (Lipinski definition) is 2. The van der Waals surface area contributed by atoms with Crippen molar-refractivity contribution in [1.29, 1.82) is 0 Å². The lowest BCUT2D eigenvalue weighted by Crippen LogP contribution is -2.45. The second-order valence-electron chi connectivity index (χ2n) is 5.76. The maximum absolute atomic E-state index is 12.2. The van der Waals surface area contributed by atoms with Gasteiger partial charge in [0.25, 0.3) is 5.91 Å². The van der Waals surface area contributed by atoms with E-state index in [1.54, 1.807) is 18.7 Å². The number of rotatable bonds is 4. The van der Waals surface area contributed by atoms with Crippen LogP contribution in [0.1, 0.15) is 43.2 Å². The van der Waals surface area contributed by atoms with E-state index in [1.807, 2.05) is 20.8 Å². The second-order valence-corrected chi connectivity index (χ2v) is 5.76. The molecule has 0 aliphatic carbocycles. The van der Waals surface area contributed by atoms with E-state index in [9.17, 15) is 9.59 Å². The van der Waals surface area contributed by atoms with Gasteiger partial charge in [0.05, 0.1) is 18.2 Å². The van der Waals surface area contributed by atoms with Crippen molar-refractivity contribution in [3.05, 3.63) is 17.5 Å². The third-order valence-corrected chi connectivity index (χ3v) is 3.21. The molecule has 1 heterocycles. The molecule has 6 nitrogen and oxygen atoms in total. The Kier molecular flexibility index (Phi) is 4.34. The van der Waals surface area contributed by atoms with Gasteiger partial charge in [-0.05, 0) is 12.3 Å². The zero-order valence-corrected chi connectivity index (χ0v) is 12.0. The molecule has 0 fully saturated rings. The predicted molar refractivity (Wildman–Crippen MR) is 70.9 cm³/mol. The number of nitrogens with zero attached hydrogens (tertiary/aromatic N) is 2. The van der Waals surface area contributed by atoms with Crippen LogP contribution in [0.15, 0.2) is 6.20 Å². The molecule has 0 aliphatic heterocycles. The number of aliphatic carboxylic acids is 1. The molecule has 1 amide bonds. The minimum atomic E-state index is -0.928. The van der Waals surface area contributed by atoms with E-state index in [0.29, 0.717) is 5.56 Å². The van der Waals surface area contributed by atoms with Crippen LogP contribution in [0, 0.1) is 12.3 Å². The van der Waals surface area contributed by atoms with E-state index in [-0.39, 0.29) is 17.7 Å². The largest absolute Gasteiger partial charge is 0.481 e. The van der Waals surface area contributed by atoms with Gasteiger partial charge in [-0.1, -0.05) is 20.8 Å². The number of hydrogen-bond acceptors (Lipinski definition) is 3. The van der Waals surface area contributed by atoms with Crippen LogP contribution in [0.4, 0.5) is 0 Å². The fraction of sp³-hybridized carbons (Fsp3) is 0.615. The molecular weight excluding hydrogens is 246 g/mol. The molecule has 0 saturated carbocycles. The molecule has 1 aromatic heterocycles. The molecule has 1 aromatic rings. The van der Waals surface area contributed by atoms with E-state index in [0.717, 1.165) is 5.69 Å². The minimum Gasteiger partial charge on any atom is -0.481 e. The first-order valence-corrected chi connectivity index (χ1v) is 6.14. The van der Waals surface area contributed by atoms with Gasteiger partial charge in [-0.3, -0.25) is 14.3 Å². The minimum absolute atomic E-state index is 0.103. The van der Waals surface area contributed by atoms with Crippen molar-refractivity contribution in [2.45, 2.75) is 40.2 Å². The number of nitrogens with one attached hydrogen (secondary N) is 1. The molecule has 0 radical (unpaired) electrons. The lowest BCUT2D eigenvalue weighted by atomic mass is 9.84. The Hall–Kier alpha value is -1.85. The van der Waals surface area contributed by atoms with E-state index >= 15 is 0 Å². The van der Waals surface area contributed by atoms with Gasteiger partial charge in [-0.2, -0.15) is 5.10 Å². The summed E-state index contributed by atoms with van der Waals surface area (Å²) < 4.78 is 1.61. The number of carboxylic acids is 1. The SMILES string of the molecule is Cc1c(C(=O)NC(CC(=O)O)C(C)(C)C)cnn1C. The average molecular weight is 267 g/mol. The Morgan fingerprint density at radius 1 is 1.47 bits per heavy atom.